The number of aliphatic hydroxyl groups is 1. The molecule has 2 saturated heterocycles. The zero-order valence-corrected chi connectivity index (χ0v) is 16.1. The van der Waals surface area contributed by atoms with Crippen LogP contribution < -0.4 is 0 Å². The molecule has 2 fully saturated rings. The van der Waals surface area contributed by atoms with Crippen LogP contribution in [0.5, 0.6) is 0 Å². The van der Waals surface area contributed by atoms with E-state index < -0.39 is 41.5 Å². The lowest BCUT2D eigenvalue weighted by atomic mass is 9.95. The third-order valence-electron chi connectivity index (χ3n) is 5.65. The molecule has 3 atom stereocenters. The second-order valence-corrected chi connectivity index (χ2v) is 7.68. The number of fused-ring (bicyclic) bond motifs is 1. The van der Waals surface area contributed by atoms with Crippen molar-refractivity contribution in [1.29, 1.82) is 0 Å². The Hall–Kier alpha value is -2.14. The molecule has 2 aromatic carbocycles. The Bertz CT molecular complexity index is 876. The summed E-state index contributed by atoms with van der Waals surface area (Å²) in [7, 11) is 0. The zero-order chi connectivity index (χ0) is 22.4. The van der Waals surface area contributed by atoms with Crippen molar-refractivity contribution < 1.29 is 40.9 Å². The van der Waals surface area contributed by atoms with Crippen molar-refractivity contribution >= 4 is 0 Å². The number of hydrogen-bond donors (Lipinski definition) is 1. The number of halogens is 6. The summed E-state index contributed by atoms with van der Waals surface area (Å²) >= 11 is 0. The molecule has 2 aliphatic heterocycles. The Labute approximate surface area is 174 Å². The summed E-state index contributed by atoms with van der Waals surface area (Å²) in [5.41, 5.74) is -2.17. The molecule has 2 aromatic rings. The molecule has 0 aromatic heterocycles. The highest BCUT2D eigenvalue weighted by Crippen LogP contribution is 2.51. The van der Waals surface area contributed by atoms with Crippen molar-refractivity contribution in [3.05, 3.63) is 70.8 Å². The molecule has 0 aliphatic carbocycles. The van der Waals surface area contributed by atoms with Gasteiger partial charge in [-0.2, -0.15) is 26.3 Å². The van der Waals surface area contributed by atoms with Gasteiger partial charge in [0.15, 0.2) is 0 Å². The van der Waals surface area contributed by atoms with E-state index in [0.717, 1.165) is 24.3 Å². The predicted octanol–water partition coefficient (Wildman–Crippen LogP) is 4.91. The van der Waals surface area contributed by atoms with Gasteiger partial charge in [0.2, 0.25) is 0 Å². The van der Waals surface area contributed by atoms with Gasteiger partial charge < -0.3 is 14.6 Å². The van der Waals surface area contributed by atoms with Crippen LogP contribution in [0, 0.1) is 0 Å². The van der Waals surface area contributed by atoms with Gasteiger partial charge in [-0.1, -0.05) is 24.3 Å². The normalized spacial score (nSPS) is 26.9. The van der Waals surface area contributed by atoms with Crippen LogP contribution in [-0.2, 0) is 21.8 Å². The Morgan fingerprint density at radius 1 is 0.839 bits per heavy atom. The second-order valence-electron chi connectivity index (χ2n) is 7.68. The van der Waals surface area contributed by atoms with Gasteiger partial charge in [-0.15, -0.1) is 0 Å². The Kier molecular flexibility index (Phi) is 5.53. The van der Waals surface area contributed by atoms with Crippen molar-refractivity contribution in [2.45, 2.75) is 36.8 Å². The van der Waals surface area contributed by atoms with Crippen LogP contribution in [0.15, 0.2) is 48.5 Å². The molecular formula is C21H19F6NO3. The van der Waals surface area contributed by atoms with Gasteiger partial charge in [0, 0.05) is 6.61 Å². The maximum Gasteiger partial charge on any atom is 0.416 e. The highest BCUT2D eigenvalue weighted by Gasteiger charge is 2.56. The quantitative estimate of drug-likeness (QED) is 0.677. The van der Waals surface area contributed by atoms with Crippen LogP contribution in [0.25, 0.3) is 0 Å². The number of ether oxygens (including phenoxy) is 2. The lowest BCUT2D eigenvalue weighted by Crippen LogP contribution is -2.45. The first-order valence-electron chi connectivity index (χ1n) is 9.52. The smallest absolute Gasteiger partial charge is 0.396 e. The molecule has 0 amide bonds. The standard InChI is InChI=1S/C21H19F6NO3/c22-20(23,24)15-5-1-3-13(9-15)17-28-18(31-12-19(28,7-8-29)11-30-17)14-4-2-6-16(10-14)21(25,26)27/h1-6,9-10,17-18,29H,7-8,11-12H2/t17-,18?,19?/m0/s1. The topological polar surface area (TPSA) is 41.9 Å². The van der Waals surface area contributed by atoms with Crippen LogP contribution in [0.4, 0.5) is 26.3 Å². The summed E-state index contributed by atoms with van der Waals surface area (Å²) in [6.07, 6.45) is -10.9. The maximum absolute atomic E-state index is 13.2. The van der Waals surface area contributed by atoms with Crippen molar-refractivity contribution in [3.63, 3.8) is 0 Å². The average molecular weight is 447 g/mol. The molecule has 0 radical (unpaired) electrons. The first kappa shape index (κ1) is 22.1. The van der Waals surface area contributed by atoms with Crippen LogP contribution in [0.3, 0.4) is 0 Å². The fourth-order valence-electron chi connectivity index (χ4n) is 4.17. The molecule has 2 heterocycles. The monoisotopic (exact) mass is 447 g/mol. The van der Waals surface area contributed by atoms with Crippen LogP contribution >= 0.6 is 0 Å². The molecule has 1 N–H and O–H groups in total. The van der Waals surface area contributed by atoms with Gasteiger partial charge in [0.1, 0.15) is 12.5 Å². The predicted molar refractivity (Wildman–Crippen MR) is 96.5 cm³/mol. The Balaban J connectivity index is 1.75. The Morgan fingerprint density at radius 3 is 1.68 bits per heavy atom. The van der Waals surface area contributed by atoms with E-state index in [1.165, 1.54) is 24.3 Å². The molecular weight excluding hydrogens is 428 g/mol. The first-order chi connectivity index (χ1) is 14.5. The van der Waals surface area contributed by atoms with Crippen LogP contribution in [-0.4, -0.2) is 35.4 Å². The van der Waals surface area contributed by atoms with Gasteiger partial charge >= 0.3 is 12.4 Å². The van der Waals surface area contributed by atoms with Gasteiger partial charge in [0.05, 0.1) is 29.9 Å². The van der Waals surface area contributed by atoms with Crippen molar-refractivity contribution in [2.24, 2.45) is 0 Å². The molecule has 4 nitrogen and oxygen atoms in total. The van der Waals surface area contributed by atoms with Crippen molar-refractivity contribution in [2.75, 3.05) is 19.8 Å². The first-order valence-corrected chi connectivity index (χ1v) is 9.52. The lowest BCUT2D eigenvalue weighted by molar-refractivity contribution is -0.138. The Morgan fingerprint density at radius 2 is 1.29 bits per heavy atom. The van der Waals surface area contributed by atoms with E-state index in [9.17, 15) is 31.4 Å². The zero-order valence-electron chi connectivity index (χ0n) is 16.1. The highest BCUT2D eigenvalue weighted by molar-refractivity contribution is 5.32. The van der Waals surface area contributed by atoms with Crippen LogP contribution in [0.1, 0.15) is 41.1 Å². The van der Waals surface area contributed by atoms with Gasteiger partial charge in [-0.3, -0.25) is 0 Å². The fraction of sp³-hybridized carbons (Fsp3) is 0.429. The molecule has 31 heavy (non-hydrogen) atoms. The lowest BCUT2D eigenvalue weighted by Gasteiger charge is -2.34. The molecule has 168 valence electrons. The summed E-state index contributed by atoms with van der Waals surface area (Å²) in [5, 5.41) is 9.55. The minimum absolute atomic E-state index is 0.0595. The van der Waals surface area contributed by atoms with Gasteiger partial charge in [0.25, 0.3) is 0 Å². The fourth-order valence-corrected chi connectivity index (χ4v) is 4.17. The molecule has 0 spiro atoms. The van der Waals surface area contributed by atoms with Gasteiger partial charge in [-0.25, -0.2) is 4.90 Å². The molecule has 2 unspecified atom stereocenters. The molecule has 0 saturated carbocycles. The van der Waals surface area contributed by atoms with E-state index in [1.54, 1.807) is 4.90 Å². The highest BCUT2D eigenvalue weighted by atomic mass is 19.4. The van der Waals surface area contributed by atoms with E-state index in [2.05, 4.69) is 0 Å². The van der Waals surface area contributed by atoms with Crippen LogP contribution in [0.2, 0.25) is 0 Å². The summed E-state index contributed by atoms with van der Waals surface area (Å²) in [6.45, 7) is -0.123. The SMILES string of the molecule is OCCC12COC(c3cccc(C(F)(F)F)c3)N1[C@H](c1cccc(C(F)(F)F)c1)OC2. The van der Waals surface area contributed by atoms with E-state index in [0.29, 0.717) is 0 Å². The minimum Gasteiger partial charge on any atom is -0.396 e. The number of aliphatic hydroxyl groups excluding tert-OH is 1. The minimum atomic E-state index is -4.56. The largest absolute Gasteiger partial charge is 0.416 e. The number of benzene rings is 2. The molecule has 10 heteroatoms. The average Bonchev–Trinajstić information content (AvgIpc) is 3.24. The summed E-state index contributed by atoms with van der Waals surface area (Å²) < 4.78 is 90.8. The maximum atomic E-state index is 13.2. The molecule has 2 aliphatic rings. The summed E-state index contributed by atoms with van der Waals surface area (Å²) in [5.74, 6) is 0. The van der Waals surface area contributed by atoms with E-state index in [-0.39, 0.29) is 37.4 Å². The van der Waals surface area contributed by atoms with Gasteiger partial charge in [-0.05, 0) is 41.8 Å². The number of nitrogens with zero attached hydrogens (tertiary/aromatic N) is 1. The summed E-state index contributed by atoms with van der Waals surface area (Å²) in [4.78, 5) is 1.63. The van der Waals surface area contributed by atoms with Crippen molar-refractivity contribution in [3.8, 4) is 0 Å². The van der Waals surface area contributed by atoms with E-state index in [4.69, 9.17) is 9.47 Å². The van der Waals surface area contributed by atoms with Crippen molar-refractivity contribution in [1.82, 2.24) is 4.90 Å². The second kappa shape index (κ2) is 7.77. The molecule has 4 rings (SSSR count). The third kappa shape index (κ3) is 4.05. The van der Waals surface area contributed by atoms with E-state index >= 15 is 0 Å². The third-order valence-corrected chi connectivity index (χ3v) is 5.65. The summed E-state index contributed by atoms with van der Waals surface area (Å²) in [6, 6.07) is 9.23. The molecule has 0 bridgehead atoms. The number of alkyl halides is 6. The number of hydrogen-bond acceptors (Lipinski definition) is 4. The number of rotatable bonds is 4. The van der Waals surface area contributed by atoms with E-state index in [1.807, 2.05) is 0 Å².